The molecular formula is C27H33ClNPdSbSi. The van der Waals surface area contributed by atoms with Crippen molar-refractivity contribution in [1.82, 2.24) is 4.90 Å². The van der Waals surface area contributed by atoms with Crippen LogP contribution >= 0.6 is 9.53 Å². The standard InChI is InChI=1S/C11H14Si.C10H14N.C6H5.ClH.Pd.Sb/c1-12(2,3)10-9-11-7-5-4-6-8-11;1-9(11(2)3)10-7-5-4-6-8-10;1-2-4-6-5-3-1;;;/h4-7,9H,1-3H3;4-7,9H,1-3H3;1-5H;1H;;/q;-1;;;+2;/p-1/t;9-;;;;/m.0..../s1. The van der Waals surface area contributed by atoms with Gasteiger partial charge in [0.05, 0.1) is 0 Å². The maximum absolute atomic E-state index is 4.49. The molecule has 0 bridgehead atoms. The average molecular weight is 663 g/mol. The molecule has 1 aliphatic heterocycles. The minimum atomic E-state index is -1.68. The van der Waals surface area contributed by atoms with Crippen LogP contribution in [0.25, 0.3) is 6.08 Å². The number of benzene rings is 3. The van der Waals surface area contributed by atoms with Gasteiger partial charge in [-0.3, -0.25) is 0 Å². The van der Waals surface area contributed by atoms with Crippen LogP contribution in [0.5, 0.6) is 0 Å². The van der Waals surface area contributed by atoms with E-state index < -0.39 is 28.3 Å². The summed E-state index contributed by atoms with van der Waals surface area (Å²) in [5.41, 5.74) is 2.74. The van der Waals surface area contributed by atoms with Crippen molar-refractivity contribution in [2.75, 3.05) is 14.1 Å². The van der Waals surface area contributed by atoms with Gasteiger partial charge in [-0.15, -0.1) is 5.56 Å². The van der Waals surface area contributed by atoms with Gasteiger partial charge >= 0.3 is 152 Å². The summed E-state index contributed by atoms with van der Waals surface area (Å²) in [6, 6.07) is 32.0. The molecule has 0 radical (unpaired) electrons. The molecule has 1 atom stereocenters. The number of rotatable bonds is 4. The second-order valence-electron chi connectivity index (χ2n) is 8.97. The van der Waals surface area contributed by atoms with Crippen LogP contribution in [0.4, 0.5) is 0 Å². The van der Waals surface area contributed by atoms with Crippen LogP contribution < -0.4 is 7.02 Å². The van der Waals surface area contributed by atoms with Crippen molar-refractivity contribution in [2.45, 2.75) is 32.6 Å². The number of nitrogens with zero attached hydrogens (tertiary/aromatic N) is 1. The van der Waals surface area contributed by atoms with E-state index in [1.165, 1.54) is 11.1 Å². The monoisotopic (exact) mass is 661 g/mol. The number of hydrogen-bond donors (Lipinski definition) is 0. The van der Waals surface area contributed by atoms with Crippen molar-refractivity contribution in [3.05, 3.63) is 99.2 Å². The predicted octanol–water partition coefficient (Wildman–Crippen LogP) is 5.91. The fourth-order valence-corrected chi connectivity index (χ4v) is 18.4. The van der Waals surface area contributed by atoms with Crippen LogP contribution in [0.3, 0.4) is 0 Å². The molecule has 0 aliphatic carbocycles. The quantitative estimate of drug-likeness (QED) is 0.248. The third-order valence-electron chi connectivity index (χ3n) is 5.45. The summed E-state index contributed by atoms with van der Waals surface area (Å²) in [5.74, 6) is 0. The molecule has 0 saturated heterocycles. The van der Waals surface area contributed by atoms with E-state index in [9.17, 15) is 0 Å². The summed E-state index contributed by atoms with van der Waals surface area (Å²) in [6.07, 6.45) is 2.53. The molecule has 0 amide bonds. The molecule has 0 saturated carbocycles. The second-order valence-corrected chi connectivity index (χ2v) is 21.4. The molecule has 5 heteroatoms. The topological polar surface area (TPSA) is 3.24 Å². The second kappa shape index (κ2) is 13.3. The van der Waals surface area contributed by atoms with E-state index in [4.69, 9.17) is 0 Å². The summed E-state index contributed by atoms with van der Waals surface area (Å²) in [4.78, 5) is 2.17. The van der Waals surface area contributed by atoms with E-state index in [-0.39, 0.29) is 0 Å². The van der Waals surface area contributed by atoms with E-state index in [1.807, 2.05) is 21.3 Å². The van der Waals surface area contributed by atoms with Crippen molar-refractivity contribution in [3.63, 3.8) is 0 Å². The zero-order valence-corrected chi connectivity index (χ0v) is 25.6. The molecule has 0 fully saturated rings. The Morgan fingerprint density at radius 3 is 2.03 bits per heavy atom. The van der Waals surface area contributed by atoms with Crippen LogP contribution in [-0.4, -0.2) is 47.3 Å². The van der Waals surface area contributed by atoms with Gasteiger partial charge in [0.1, 0.15) is 0 Å². The van der Waals surface area contributed by atoms with Crippen molar-refractivity contribution in [2.24, 2.45) is 0 Å². The van der Waals surface area contributed by atoms with Gasteiger partial charge in [-0.25, -0.2) is 0 Å². The van der Waals surface area contributed by atoms with E-state index in [2.05, 4.69) is 146 Å². The summed E-state index contributed by atoms with van der Waals surface area (Å²) >= 11 is 0.546. The zero-order valence-electron chi connectivity index (χ0n) is 19.7. The maximum atomic E-state index is 4.49. The Morgan fingerprint density at radius 2 is 1.47 bits per heavy atom. The van der Waals surface area contributed by atoms with Gasteiger partial charge in [0.2, 0.25) is 0 Å². The third kappa shape index (κ3) is 7.43. The molecule has 0 aromatic heterocycles. The molecular weight excluding hydrogens is 630 g/mol. The number of halogens is 1. The molecule has 1 nitrogen and oxygen atoms in total. The Kier molecular flexibility index (Phi) is 11.5. The Bertz CT molecular complexity index is 987. The number of hydrogen-bond acceptors (Lipinski definition) is 1. The van der Waals surface area contributed by atoms with Gasteiger partial charge < -0.3 is 4.90 Å². The Hall–Kier alpha value is -0.653. The van der Waals surface area contributed by atoms with Gasteiger partial charge in [-0.1, -0.05) is 0 Å². The molecule has 4 rings (SSSR count). The minimum absolute atomic E-state index is 0.455. The van der Waals surface area contributed by atoms with Crippen LogP contribution in [-0.2, 0) is 18.2 Å². The van der Waals surface area contributed by atoms with Crippen molar-refractivity contribution >= 4 is 50.9 Å². The van der Waals surface area contributed by atoms with Gasteiger partial charge in [0.15, 0.2) is 0 Å². The van der Waals surface area contributed by atoms with Gasteiger partial charge in [0.25, 0.3) is 0 Å². The van der Waals surface area contributed by atoms with E-state index in [0.29, 0.717) is 6.04 Å². The molecule has 3 aromatic carbocycles. The fourth-order valence-electron chi connectivity index (χ4n) is 3.51. The average Bonchev–Trinajstić information content (AvgIpc) is 3.22. The first-order valence-electron chi connectivity index (χ1n) is 10.7. The third-order valence-corrected chi connectivity index (χ3v) is 21.0. The van der Waals surface area contributed by atoms with E-state index in [1.54, 1.807) is 7.02 Å². The van der Waals surface area contributed by atoms with Crippen molar-refractivity contribution in [1.29, 1.82) is 0 Å². The predicted molar refractivity (Wildman–Crippen MR) is 142 cm³/mol. The normalized spacial score (nSPS) is 13.9. The van der Waals surface area contributed by atoms with Gasteiger partial charge in [-0.2, -0.15) is 30.3 Å². The molecule has 3 aromatic rings. The van der Waals surface area contributed by atoms with Crippen LogP contribution in [0, 0.1) is 6.07 Å². The Labute approximate surface area is 218 Å². The van der Waals surface area contributed by atoms with Gasteiger partial charge in [-0.05, 0) is 21.0 Å². The summed E-state index contributed by atoms with van der Waals surface area (Å²) in [6.45, 7) is 9.65. The first-order valence-corrected chi connectivity index (χ1v) is 20.0. The molecule has 1 aliphatic rings. The van der Waals surface area contributed by atoms with Crippen molar-refractivity contribution < 1.29 is 18.2 Å². The van der Waals surface area contributed by atoms with Crippen LogP contribution in [0.15, 0.2) is 82.0 Å². The zero-order chi connectivity index (χ0) is 23.7. The van der Waals surface area contributed by atoms with Gasteiger partial charge in [0, 0.05) is 6.04 Å². The SMILES string of the molecule is C[C@@H](c1[c-]cccc1)N(C)C.C[Si](C)(C)[C]1=Cc2cccc[c]2[Sb]1[c]1ccccc1.[Cl][Pd+]. The number of fused-ring (bicyclic) bond motifs is 1. The molecule has 0 unspecified atom stereocenters. The molecule has 1 heterocycles. The summed E-state index contributed by atoms with van der Waals surface area (Å²) < 4.78 is 5.11. The summed E-state index contributed by atoms with van der Waals surface area (Å²) in [5, 5.41) is 0. The molecule has 0 N–H and O–H groups in total. The van der Waals surface area contributed by atoms with E-state index in [0.717, 1.165) is 0 Å². The first-order chi connectivity index (χ1) is 15.3. The Balaban J connectivity index is 0.000000239. The first kappa shape index (κ1) is 27.6. The summed E-state index contributed by atoms with van der Waals surface area (Å²) in [7, 11) is 7.41. The molecule has 32 heavy (non-hydrogen) atoms. The van der Waals surface area contributed by atoms with Crippen LogP contribution in [0.1, 0.15) is 24.1 Å². The fraction of sp³-hybridized carbons (Fsp3) is 0.259. The molecule has 172 valence electrons. The Morgan fingerprint density at radius 1 is 0.875 bits per heavy atom. The van der Waals surface area contributed by atoms with Crippen LogP contribution in [0.2, 0.25) is 19.6 Å². The van der Waals surface area contributed by atoms with E-state index >= 15 is 0 Å². The molecule has 0 spiro atoms. The van der Waals surface area contributed by atoms with Crippen molar-refractivity contribution in [3.8, 4) is 0 Å².